The van der Waals surface area contributed by atoms with Gasteiger partial charge in [-0.05, 0) is 58.4 Å². The summed E-state index contributed by atoms with van der Waals surface area (Å²) >= 11 is 0. The molecule has 0 unspecified atom stereocenters. The topological polar surface area (TPSA) is 53.3 Å². The van der Waals surface area contributed by atoms with Crippen LogP contribution in [0.2, 0.25) is 0 Å². The van der Waals surface area contributed by atoms with Crippen molar-refractivity contribution in [1.29, 1.82) is 5.26 Å². The smallest absolute Gasteiger partial charge is 0.415 e. The molecule has 21 heavy (non-hydrogen) atoms. The molecule has 0 saturated carbocycles. The molecule has 1 aromatic rings. The highest BCUT2D eigenvalue weighted by Crippen LogP contribution is 2.36. The van der Waals surface area contributed by atoms with Gasteiger partial charge >= 0.3 is 6.09 Å². The molecule has 4 nitrogen and oxygen atoms in total. The molecule has 0 aliphatic carbocycles. The second kappa shape index (κ2) is 4.92. The Balaban J connectivity index is 2.47. The molecule has 0 fully saturated rings. The standard InChI is InChI=1S/C17H20N2O2/c1-16(2,3)21-15(20)19-14-7-6-12(11-18)10-13(14)8-9-17(19,4)5/h6-10H,1-5H3. The highest BCUT2D eigenvalue weighted by Gasteiger charge is 2.36. The lowest BCUT2D eigenvalue weighted by Crippen LogP contribution is -2.50. The molecule has 1 amide bonds. The van der Waals surface area contributed by atoms with Crippen molar-refractivity contribution in [2.75, 3.05) is 4.90 Å². The van der Waals surface area contributed by atoms with Crippen LogP contribution in [-0.2, 0) is 4.74 Å². The summed E-state index contributed by atoms with van der Waals surface area (Å²) in [4.78, 5) is 14.2. The fourth-order valence-corrected chi connectivity index (χ4v) is 2.28. The third-order valence-electron chi connectivity index (χ3n) is 3.22. The van der Waals surface area contributed by atoms with Gasteiger partial charge in [0.2, 0.25) is 0 Å². The van der Waals surface area contributed by atoms with E-state index in [1.807, 2.05) is 46.8 Å². The molecule has 110 valence electrons. The number of rotatable bonds is 0. The molecule has 1 aliphatic rings. The van der Waals surface area contributed by atoms with Gasteiger partial charge in [0, 0.05) is 0 Å². The summed E-state index contributed by atoms with van der Waals surface area (Å²) < 4.78 is 5.51. The third-order valence-corrected chi connectivity index (χ3v) is 3.22. The van der Waals surface area contributed by atoms with Gasteiger partial charge in [-0.25, -0.2) is 4.79 Å². The molecule has 0 atom stereocenters. The van der Waals surface area contributed by atoms with E-state index in [4.69, 9.17) is 10.00 Å². The van der Waals surface area contributed by atoms with E-state index in [9.17, 15) is 4.79 Å². The largest absolute Gasteiger partial charge is 0.443 e. The maximum atomic E-state index is 12.6. The predicted octanol–water partition coefficient (Wildman–Crippen LogP) is 4.11. The zero-order valence-electron chi connectivity index (χ0n) is 13.1. The minimum atomic E-state index is -0.554. The molecule has 0 radical (unpaired) electrons. The van der Waals surface area contributed by atoms with Crippen LogP contribution in [0.5, 0.6) is 0 Å². The molecule has 0 N–H and O–H groups in total. The average Bonchev–Trinajstić information content (AvgIpc) is 2.35. The molecular weight excluding hydrogens is 264 g/mol. The molecule has 0 aromatic heterocycles. The number of carbonyl (C=O) groups is 1. The maximum absolute atomic E-state index is 12.6. The summed E-state index contributed by atoms with van der Waals surface area (Å²) in [7, 11) is 0. The zero-order chi connectivity index (χ0) is 15.8. The molecule has 0 spiro atoms. The molecule has 1 heterocycles. The Morgan fingerprint density at radius 1 is 1.33 bits per heavy atom. The number of ether oxygens (including phenoxy) is 1. The van der Waals surface area contributed by atoms with Crippen molar-refractivity contribution in [3.05, 3.63) is 35.4 Å². The van der Waals surface area contributed by atoms with Gasteiger partial charge in [0.1, 0.15) is 5.60 Å². The van der Waals surface area contributed by atoms with E-state index in [1.165, 1.54) is 0 Å². The fraction of sp³-hybridized carbons (Fsp3) is 0.412. The number of amides is 1. The van der Waals surface area contributed by atoms with Gasteiger partial charge in [0.15, 0.2) is 0 Å². The number of hydrogen-bond donors (Lipinski definition) is 0. The summed E-state index contributed by atoms with van der Waals surface area (Å²) in [5.41, 5.74) is 1.14. The fourth-order valence-electron chi connectivity index (χ4n) is 2.28. The van der Waals surface area contributed by atoms with Crippen molar-refractivity contribution in [2.45, 2.75) is 45.8 Å². The highest BCUT2D eigenvalue weighted by atomic mass is 16.6. The van der Waals surface area contributed by atoms with E-state index in [1.54, 1.807) is 23.1 Å². The summed E-state index contributed by atoms with van der Waals surface area (Å²) in [6, 6.07) is 7.40. The molecular formula is C17H20N2O2. The van der Waals surface area contributed by atoms with E-state index in [-0.39, 0.29) is 6.09 Å². The van der Waals surface area contributed by atoms with Gasteiger partial charge in [-0.3, -0.25) is 4.90 Å². The Morgan fingerprint density at radius 2 is 2.00 bits per heavy atom. The maximum Gasteiger partial charge on any atom is 0.415 e. The van der Waals surface area contributed by atoms with E-state index in [0.717, 1.165) is 11.3 Å². The van der Waals surface area contributed by atoms with Crippen LogP contribution in [0.1, 0.15) is 45.7 Å². The van der Waals surface area contributed by atoms with Crippen molar-refractivity contribution in [2.24, 2.45) is 0 Å². The molecule has 1 aliphatic heterocycles. The number of nitrogens with zero attached hydrogens (tertiary/aromatic N) is 2. The van der Waals surface area contributed by atoms with Crippen LogP contribution < -0.4 is 4.90 Å². The van der Waals surface area contributed by atoms with E-state index >= 15 is 0 Å². The molecule has 0 bridgehead atoms. The van der Waals surface area contributed by atoms with Crippen LogP contribution in [0, 0.1) is 11.3 Å². The summed E-state index contributed by atoms with van der Waals surface area (Å²) in [5, 5.41) is 8.99. The van der Waals surface area contributed by atoms with Gasteiger partial charge in [-0.1, -0.05) is 12.2 Å². The van der Waals surface area contributed by atoms with Crippen molar-refractivity contribution in [3.8, 4) is 6.07 Å². The van der Waals surface area contributed by atoms with Crippen LogP contribution in [0.3, 0.4) is 0 Å². The Hall–Kier alpha value is -2.28. The normalized spacial score (nSPS) is 16.1. The van der Waals surface area contributed by atoms with Crippen molar-refractivity contribution in [1.82, 2.24) is 0 Å². The summed E-state index contributed by atoms with van der Waals surface area (Å²) in [5.74, 6) is 0. The number of anilines is 1. The van der Waals surface area contributed by atoms with Crippen molar-refractivity contribution >= 4 is 17.9 Å². The molecule has 4 heteroatoms. The van der Waals surface area contributed by atoms with Crippen LogP contribution in [0.15, 0.2) is 24.3 Å². The average molecular weight is 284 g/mol. The quantitative estimate of drug-likeness (QED) is 0.720. The third kappa shape index (κ3) is 3.08. The number of benzene rings is 1. The SMILES string of the molecule is CC(C)(C)OC(=O)N1c2ccc(C#N)cc2C=CC1(C)C. The van der Waals surface area contributed by atoms with E-state index in [0.29, 0.717) is 5.56 Å². The van der Waals surface area contributed by atoms with Crippen molar-refractivity contribution < 1.29 is 9.53 Å². The lowest BCUT2D eigenvalue weighted by Gasteiger charge is -2.40. The Labute approximate surface area is 125 Å². The highest BCUT2D eigenvalue weighted by molar-refractivity contribution is 5.95. The van der Waals surface area contributed by atoms with Gasteiger partial charge in [-0.15, -0.1) is 0 Å². The minimum Gasteiger partial charge on any atom is -0.443 e. The van der Waals surface area contributed by atoms with Gasteiger partial charge < -0.3 is 4.74 Å². The number of nitriles is 1. The monoisotopic (exact) mass is 284 g/mol. The molecule has 0 saturated heterocycles. The lowest BCUT2D eigenvalue weighted by molar-refractivity contribution is 0.0556. The lowest BCUT2D eigenvalue weighted by atomic mass is 9.93. The first-order valence-electron chi connectivity index (χ1n) is 6.91. The first kappa shape index (κ1) is 15.1. The van der Waals surface area contributed by atoms with E-state index in [2.05, 4.69) is 6.07 Å². The Kier molecular flexibility index (Phi) is 3.54. The predicted molar refractivity (Wildman–Crippen MR) is 83.0 cm³/mol. The second-order valence-electron chi connectivity index (χ2n) is 6.69. The van der Waals surface area contributed by atoms with Gasteiger partial charge in [-0.2, -0.15) is 5.26 Å². The molecule has 2 rings (SSSR count). The minimum absolute atomic E-state index is 0.386. The zero-order valence-corrected chi connectivity index (χ0v) is 13.1. The van der Waals surface area contributed by atoms with Crippen LogP contribution in [0.4, 0.5) is 10.5 Å². The first-order chi connectivity index (χ1) is 9.64. The Morgan fingerprint density at radius 3 is 2.57 bits per heavy atom. The second-order valence-corrected chi connectivity index (χ2v) is 6.69. The molecule has 1 aromatic carbocycles. The van der Waals surface area contributed by atoms with Crippen LogP contribution in [-0.4, -0.2) is 17.2 Å². The van der Waals surface area contributed by atoms with Crippen LogP contribution in [0.25, 0.3) is 6.08 Å². The van der Waals surface area contributed by atoms with Gasteiger partial charge in [0.25, 0.3) is 0 Å². The number of hydrogen-bond acceptors (Lipinski definition) is 3. The Bertz CT molecular complexity index is 646. The van der Waals surface area contributed by atoms with E-state index < -0.39 is 11.1 Å². The van der Waals surface area contributed by atoms with Gasteiger partial charge in [0.05, 0.1) is 22.9 Å². The number of fused-ring (bicyclic) bond motifs is 1. The summed E-state index contributed by atoms with van der Waals surface area (Å²) in [6.07, 6.45) is 3.50. The summed E-state index contributed by atoms with van der Waals surface area (Å²) in [6.45, 7) is 9.44. The first-order valence-corrected chi connectivity index (χ1v) is 6.91. The number of carbonyl (C=O) groups excluding carboxylic acids is 1. The van der Waals surface area contributed by atoms with Crippen LogP contribution >= 0.6 is 0 Å². The van der Waals surface area contributed by atoms with Crippen molar-refractivity contribution in [3.63, 3.8) is 0 Å².